The third-order valence-corrected chi connectivity index (χ3v) is 31.6. The van der Waals surface area contributed by atoms with Gasteiger partial charge in [0.05, 0.1) is 0 Å². The van der Waals surface area contributed by atoms with Crippen molar-refractivity contribution in [2.24, 2.45) is 35.5 Å². The summed E-state index contributed by atoms with van der Waals surface area (Å²) in [6.07, 6.45) is 14.4. The Labute approximate surface area is 159 Å². The van der Waals surface area contributed by atoms with Crippen LogP contribution in [0.5, 0.6) is 0 Å². The molecule has 0 amide bonds. The van der Waals surface area contributed by atoms with Crippen LogP contribution < -0.4 is 0 Å². The summed E-state index contributed by atoms with van der Waals surface area (Å²) in [5.74, 6) is 6.57. The zero-order chi connectivity index (χ0) is 18.0. The molecule has 0 aliphatic heterocycles. The fraction of sp³-hybridized carbons (Fsp3) is 1.00. The van der Waals surface area contributed by atoms with Crippen molar-refractivity contribution < 1.29 is 0 Å². The first-order chi connectivity index (χ1) is 11.7. The lowest BCUT2D eigenvalue weighted by Gasteiger charge is -2.50. The van der Waals surface area contributed by atoms with E-state index >= 15 is 0 Å². The maximum Gasteiger partial charge on any atom is 0.0448 e. The molecule has 0 aromatic heterocycles. The van der Waals surface area contributed by atoms with Crippen molar-refractivity contribution in [3.05, 3.63) is 0 Å². The molecule has 4 fully saturated rings. The van der Waals surface area contributed by atoms with Crippen molar-refractivity contribution in [3.63, 3.8) is 0 Å². The van der Waals surface area contributed by atoms with Gasteiger partial charge in [-0.3, -0.25) is 0 Å². The summed E-state index contributed by atoms with van der Waals surface area (Å²) in [6, 6.07) is 0. The molecule has 0 spiro atoms. The average Bonchev–Trinajstić information content (AvgIpc) is 3.24. The second-order valence-corrected chi connectivity index (χ2v) is 28.3. The molecular weight excluding hydrogens is 332 g/mol. The lowest BCUT2D eigenvalue weighted by Crippen LogP contribution is -2.61. The second-order valence-electron chi connectivity index (χ2n) is 12.1. The molecule has 4 saturated carbocycles. The summed E-state index contributed by atoms with van der Waals surface area (Å²) in [6.45, 7) is 16.5. The summed E-state index contributed by atoms with van der Waals surface area (Å²) in [7, 11) is -2.25. The van der Waals surface area contributed by atoms with Gasteiger partial charge in [0, 0.05) is 15.2 Å². The van der Waals surface area contributed by atoms with Gasteiger partial charge < -0.3 is 0 Å². The molecule has 144 valence electrons. The molecule has 0 aromatic rings. The van der Waals surface area contributed by atoms with Gasteiger partial charge >= 0.3 is 0 Å². The fourth-order valence-electron chi connectivity index (χ4n) is 8.22. The topological polar surface area (TPSA) is 0 Å². The lowest BCUT2D eigenvalue weighted by molar-refractivity contribution is 0.156. The first-order valence-electron chi connectivity index (χ1n) is 11.7. The maximum absolute atomic E-state index is 2.88. The van der Waals surface area contributed by atoms with Crippen molar-refractivity contribution >= 4 is 15.2 Å². The van der Waals surface area contributed by atoms with Crippen LogP contribution in [0, 0.1) is 35.5 Å². The van der Waals surface area contributed by atoms with E-state index in [9.17, 15) is 0 Å². The molecule has 4 rings (SSSR count). The number of hydrogen-bond donors (Lipinski definition) is 0. The smallest absolute Gasteiger partial charge is 0.0448 e. The highest BCUT2D eigenvalue weighted by molar-refractivity contribution is 7.41. The van der Waals surface area contributed by atoms with Gasteiger partial charge in [-0.25, -0.2) is 0 Å². The molecular formula is C23H44Si2. The molecule has 0 N–H and O–H groups in total. The average molecular weight is 377 g/mol. The van der Waals surface area contributed by atoms with Crippen LogP contribution in [0.3, 0.4) is 0 Å². The Bertz CT molecular complexity index is 486. The van der Waals surface area contributed by atoms with E-state index < -0.39 is 15.2 Å². The molecule has 7 atom stereocenters. The predicted molar refractivity (Wildman–Crippen MR) is 116 cm³/mol. The monoisotopic (exact) mass is 376 g/mol. The van der Waals surface area contributed by atoms with E-state index in [1.165, 1.54) is 5.54 Å². The SMILES string of the molecule is CC1CC([Si](C)(C)[Si](C)(C)C2CCC3CC4CCCC4CC32)CC1C. The van der Waals surface area contributed by atoms with Gasteiger partial charge in [0.2, 0.25) is 0 Å². The summed E-state index contributed by atoms with van der Waals surface area (Å²) >= 11 is 0. The maximum atomic E-state index is 2.88. The quantitative estimate of drug-likeness (QED) is 0.447. The number of fused-ring (bicyclic) bond motifs is 2. The van der Waals surface area contributed by atoms with Gasteiger partial charge in [0.1, 0.15) is 0 Å². The Morgan fingerprint density at radius 2 is 1.20 bits per heavy atom. The molecule has 0 saturated heterocycles. The molecule has 0 bridgehead atoms. The largest absolute Gasteiger partial charge is 0.0711 e. The third-order valence-electron chi connectivity index (χ3n) is 10.9. The zero-order valence-corrected chi connectivity index (χ0v) is 20.0. The van der Waals surface area contributed by atoms with Crippen LogP contribution in [0.2, 0.25) is 37.3 Å². The van der Waals surface area contributed by atoms with Crippen LogP contribution in [0.15, 0.2) is 0 Å². The fourth-order valence-corrected chi connectivity index (χ4v) is 22.3. The van der Waals surface area contributed by atoms with Gasteiger partial charge in [0.25, 0.3) is 0 Å². The first-order valence-corrected chi connectivity index (χ1v) is 18.9. The van der Waals surface area contributed by atoms with E-state index in [-0.39, 0.29) is 0 Å². The minimum atomic E-state index is -1.14. The van der Waals surface area contributed by atoms with Crippen molar-refractivity contribution in [2.75, 3.05) is 0 Å². The zero-order valence-electron chi connectivity index (χ0n) is 18.0. The molecule has 4 aliphatic rings. The second kappa shape index (κ2) is 6.50. The molecule has 2 heteroatoms. The van der Waals surface area contributed by atoms with E-state index in [0.29, 0.717) is 0 Å². The van der Waals surface area contributed by atoms with Gasteiger partial charge in [-0.05, 0) is 59.4 Å². The first kappa shape index (κ1) is 18.8. The Kier molecular flexibility index (Phi) is 4.88. The normalized spacial score (nSPS) is 47.8. The molecule has 0 aromatic carbocycles. The summed E-state index contributed by atoms with van der Waals surface area (Å²) < 4.78 is 0. The van der Waals surface area contributed by atoms with Crippen LogP contribution in [0.4, 0.5) is 0 Å². The number of hydrogen-bond acceptors (Lipinski definition) is 0. The third kappa shape index (κ3) is 2.96. The number of rotatable bonds is 3. The minimum absolute atomic E-state index is 0.992. The van der Waals surface area contributed by atoms with E-state index in [1.807, 2.05) is 0 Å². The highest BCUT2D eigenvalue weighted by atomic mass is 29.3. The van der Waals surface area contributed by atoms with Crippen LogP contribution in [-0.2, 0) is 0 Å². The Morgan fingerprint density at radius 1 is 0.600 bits per heavy atom. The molecule has 0 heterocycles. The highest BCUT2D eigenvalue weighted by Crippen LogP contribution is 2.61. The Morgan fingerprint density at radius 3 is 1.84 bits per heavy atom. The summed E-state index contributed by atoms with van der Waals surface area (Å²) in [4.78, 5) is 0. The van der Waals surface area contributed by atoms with Gasteiger partial charge in [-0.1, -0.05) is 85.0 Å². The molecule has 0 nitrogen and oxygen atoms in total. The van der Waals surface area contributed by atoms with E-state index in [0.717, 1.165) is 41.0 Å². The van der Waals surface area contributed by atoms with E-state index in [2.05, 4.69) is 40.0 Å². The predicted octanol–water partition coefficient (Wildman–Crippen LogP) is 7.52. The molecule has 0 radical (unpaired) electrons. The van der Waals surface area contributed by atoms with E-state index in [1.54, 1.807) is 57.8 Å². The molecule has 7 unspecified atom stereocenters. The Hall–Kier alpha value is 0.434. The summed E-state index contributed by atoms with van der Waals surface area (Å²) in [5, 5.41) is 0. The standard InChI is InChI=1S/C23H44Si2/c1-16-12-21(13-17(16)2)24(3,4)25(5,6)23-11-10-20-14-18-8-7-9-19(18)15-22(20)23/h16-23H,7-15H2,1-6H3. The van der Waals surface area contributed by atoms with Crippen LogP contribution in [-0.4, -0.2) is 15.2 Å². The van der Waals surface area contributed by atoms with Crippen molar-refractivity contribution in [2.45, 2.75) is 109 Å². The molecule has 4 aliphatic carbocycles. The van der Waals surface area contributed by atoms with Crippen LogP contribution in [0.25, 0.3) is 0 Å². The van der Waals surface area contributed by atoms with Gasteiger partial charge in [-0.15, -0.1) is 0 Å². The van der Waals surface area contributed by atoms with Gasteiger partial charge in [-0.2, -0.15) is 0 Å². The summed E-state index contributed by atoms with van der Waals surface area (Å²) in [5.41, 5.74) is 2.33. The van der Waals surface area contributed by atoms with Crippen molar-refractivity contribution in [3.8, 4) is 0 Å². The Balaban J connectivity index is 1.53. The van der Waals surface area contributed by atoms with E-state index in [4.69, 9.17) is 0 Å². The van der Waals surface area contributed by atoms with Crippen molar-refractivity contribution in [1.29, 1.82) is 0 Å². The van der Waals surface area contributed by atoms with Crippen molar-refractivity contribution in [1.82, 2.24) is 0 Å². The van der Waals surface area contributed by atoms with Crippen LogP contribution >= 0.6 is 0 Å². The lowest BCUT2D eigenvalue weighted by atomic mass is 9.71. The van der Waals surface area contributed by atoms with Crippen LogP contribution in [0.1, 0.15) is 71.6 Å². The molecule has 25 heavy (non-hydrogen) atoms. The minimum Gasteiger partial charge on any atom is -0.0711 e. The highest BCUT2D eigenvalue weighted by Gasteiger charge is 2.57. The van der Waals surface area contributed by atoms with Gasteiger partial charge in [0.15, 0.2) is 0 Å².